The Morgan fingerprint density at radius 2 is 2.00 bits per heavy atom. The molecule has 19 heavy (non-hydrogen) atoms. The van der Waals surface area contributed by atoms with Gasteiger partial charge in [0.1, 0.15) is 11.5 Å². The Hall–Kier alpha value is -1.43. The van der Waals surface area contributed by atoms with E-state index in [1.54, 1.807) is 32.4 Å². The first-order valence-electron chi connectivity index (χ1n) is 5.97. The SMILES string of the molecule is CNCc1cc(OC)ccc1OCCCC(F)(F)F. The van der Waals surface area contributed by atoms with E-state index < -0.39 is 12.6 Å². The summed E-state index contributed by atoms with van der Waals surface area (Å²) in [6, 6.07) is 5.23. The molecule has 0 aliphatic heterocycles. The van der Waals surface area contributed by atoms with Gasteiger partial charge in [0, 0.05) is 18.5 Å². The van der Waals surface area contributed by atoms with Crippen LogP contribution in [0.5, 0.6) is 11.5 Å². The van der Waals surface area contributed by atoms with Crippen molar-refractivity contribution in [1.82, 2.24) is 5.32 Å². The van der Waals surface area contributed by atoms with Crippen LogP contribution in [0.4, 0.5) is 13.2 Å². The summed E-state index contributed by atoms with van der Waals surface area (Å²) < 4.78 is 46.5. The summed E-state index contributed by atoms with van der Waals surface area (Å²) in [7, 11) is 3.34. The number of halogens is 3. The molecule has 0 atom stereocenters. The predicted molar refractivity (Wildman–Crippen MR) is 66.5 cm³/mol. The monoisotopic (exact) mass is 277 g/mol. The van der Waals surface area contributed by atoms with Gasteiger partial charge in [-0.15, -0.1) is 0 Å². The van der Waals surface area contributed by atoms with Crippen LogP contribution in [-0.4, -0.2) is 26.9 Å². The van der Waals surface area contributed by atoms with Crippen molar-refractivity contribution in [2.24, 2.45) is 0 Å². The van der Waals surface area contributed by atoms with E-state index in [2.05, 4.69) is 5.32 Å². The number of alkyl halides is 3. The fourth-order valence-corrected chi connectivity index (χ4v) is 1.61. The molecule has 0 fully saturated rings. The van der Waals surface area contributed by atoms with Crippen molar-refractivity contribution in [2.75, 3.05) is 20.8 Å². The molecular formula is C13H18F3NO2. The van der Waals surface area contributed by atoms with Gasteiger partial charge in [-0.1, -0.05) is 0 Å². The van der Waals surface area contributed by atoms with Gasteiger partial charge in [0.15, 0.2) is 0 Å². The van der Waals surface area contributed by atoms with Gasteiger partial charge in [0.05, 0.1) is 13.7 Å². The van der Waals surface area contributed by atoms with E-state index in [9.17, 15) is 13.2 Å². The Morgan fingerprint density at radius 1 is 1.26 bits per heavy atom. The second kappa shape index (κ2) is 7.23. The lowest BCUT2D eigenvalue weighted by atomic mass is 10.2. The molecule has 0 aliphatic rings. The van der Waals surface area contributed by atoms with Crippen LogP contribution in [0.1, 0.15) is 18.4 Å². The fourth-order valence-electron chi connectivity index (χ4n) is 1.61. The summed E-state index contributed by atoms with van der Waals surface area (Å²) >= 11 is 0. The minimum atomic E-state index is -4.13. The molecule has 0 bridgehead atoms. The number of nitrogens with one attached hydrogen (secondary N) is 1. The van der Waals surface area contributed by atoms with Gasteiger partial charge in [-0.3, -0.25) is 0 Å². The largest absolute Gasteiger partial charge is 0.497 e. The molecule has 3 nitrogen and oxygen atoms in total. The molecule has 0 spiro atoms. The molecule has 1 aromatic rings. The standard InChI is InChI=1S/C13H18F3NO2/c1-17-9-10-8-11(18-2)4-5-12(10)19-7-3-6-13(14,15)16/h4-5,8,17H,3,6-7,9H2,1-2H3. The molecule has 0 radical (unpaired) electrons. The van der Waals surface area contributed by atoms with Crippen molar-refractivity contribution < 1.29 is 22.6 Å². The van der Waals surface area contributed by atoms with Gasteiger partial charge in [-0.25, -0.2) is 0 Å². The highest BCUT2D eigenvalue weighted by molar-refractivity contribution is 5.40. The number of benzene rings is 1. The summed E-state index contributed by atoms with van der Waals surface area (Å²) in [5.41, 5.74) is 0.855. The smallest absolute Gasteiger partial charge is 0.389 e. The van der Waals surface area contributed by atoms with Gasteiger partial charge >= 0.3 is 6.18 Å². The van der Waals surface area contributed by atoms with Crippen LogP contribution < -0.4 is 14.8 Å². The van der Waals surface area contributed by atoms with E-state index in [-0.39, 0.29) is 13.0 Å². The maximum atomic E-state index is 12.0. The van der Waals surface area contributed by atoms with Crippen molar-refractivity contribution >= 4 is 0 Å². The Bertz CT molecular complexity index is 394. The van der Waals surface area contributed by atoms with E-state index in [1.807, 2.05) is 0 Å². The maximum Gasteiger partial charge on any atom is 0.389 e. The van der Waals surface area contributed by atoms with Crippen molar-refractivity contribution in [2.45, 2.75) is 25.6 Å². The molecule has 6 heteroatoms. The van der Waals surface area contributed by atoms with Gasteiger partial charge in [0.2, 0.25) is 0 Å². The lowest BCUT2D eigenvalue weighted by Gasteiger charge is -2.13. The fraction of sp³-hybridized carbons (Fsp3) is 0.538. The van der Waals surface area contributed by atoms with E-state index in [4.69, 9.17) is 9.47 Å². The predicted octanol–water partition coefficient (Wildman–Crippen LogP) is 3.14. The minimum Gasteiger partial charge on any atom is -0.497 e. The van der Waals surface area contributed by atoms with Crippen LogP contribution in [0, 0.1) is 0 Å². The second-order valence-corrected chi connectivity index (χ2v) is 4.07. The summed E-state index contributed by atoms with van der Waals surface area (Å²) in [5.74, 6) is 1.27. The molecule has 0 heterocycles. The third-order valence-electron chi connectivity index (χ3n) is 2.50. The van der Waals surface area contributed by atoms with Crippen LogP contribution in [-0.2, 0) is 6.54 Å². The van der Waals surface area contributed by atoms with Crippen molar-refractivity contribution in [3.8, 4) is 11.5 Å². The summed E-state index contributed by atoms with van der Waals surface area (Å²) in [4.78, 5) is 0. The zero-order chi connectivity index (χ0) is 14.3. The van der Waals surface area contributed by atoms with Crippen molar-refractivity contribution in [1.29, 1.82) is 0 Å². The Balaban J connectivity index is 2.56. The average molecular weight is 277 g/mol. The molecule has 0 aliphatic carbocycles. The van der Waals surface area contributed by atoms with Crippen LogP contribution in [0.25, 0.3) is 0 Å². The van der Waals surface area contributed by atoms with Gasteiger partial charge in [-0.05, 0) is 31.7 Å². The van der Waals surface area contributed by atoms with E-state index >= 15 is 0 Å². The highest BCUT2D eigenvalue weighted by Gasteiger charge is 2.26. The zero-order valence-corrected chi connectivity index (χ0v) is 11.0. The molecule has 0 unspecified atom stereocenters. The molecule has 0 saturated heterocycles. The Morgan fingerprint density at radius 3 is 2.58 bits per heavy atom. The highest BCUT2D eigenvalue weighted by atomic mass is 19.4. The first-order valence-corrected chi connectivity index (χ1v) is 5.97. The van der Waals surface area contributed by atoms with E-state index in [0.29, 0.717) is 18.0 Å². The number of methoxy groups -OCH3 is 1. The highest BCUT2D eigenvalue weighted by Crippen LogP contribution is 2.25. The van der Waals surface area contributed by atoms with Crippen LogP contribution in [0.2, 0.25) is 0 Å². The van der Waals surface area contributed by atoms with Gasteiger partial charge in [-0.2, -0.15) is 13.2 Å². The first kappa shape index (κ1) is 15.6. The van der Waals surface area contributed by atoms with Gasteiger partial charge < -0.3 is 14.8 Å². The summed E-state index contributed by atoms with van der Waals surface area (Å²) in [6.45, 7) is 0.606. The number of hydrogen-bond acceptors (Lipinski definition) is 3. The lowest BCUT2D eigenvalue weighted by molar-refractivity contribution is -0.136. The summed E-state index contributed by atoms with van der Waals surface area (Å²) in [5, 5.41) is 2.97. The van der Waals surface area contributed by atoms with Crippen LogP contribution in [0.15, 0.2) is 18.2 Å². The number of hydrogen-bond donors (Lipinski definition) is 1. The molecule has 108 valence electrons. The van der Waals surface area contributed by atoms with E-state index in [0.717, 1.165) is 5.56 Å². The number of ether oxygens (including phenoxy) is 2. The average Bonchev–Trinajstić information content (AvgIpc) is 2.35. The zero-order valence-electron chi connectivity index (χ0n) is 11.0. The second-order valence-electron chi connectivity index (χ2n) is 4.07. The Kier molecular flexibility index (Phi) is 5.95. The molecule has 0 aromatic heterocycles. The molecule has 1 N–H and O–H groups in total. The van der Waals surface area contributed by atoms with Crippen molar-refractivity contribution in [3.63, 3.8) is 0 Å². The molecule has 0 saturated carbocycles. The molecule has 0 amide bonds. The summed E-state index contributed by atoms with van der Waals surface area (Å²) in [6.07, 6.45) is -5.00. The maximum absolute atomic E-state index is 12.0. The normalized spacial score (nSPS) is 11.4. The number of rotatable bonds is 7. The topological polar surface area (TPSA) is 30.5 Å². The lowest BCUT2D eigenvalue weighted by Crippen LogP contribution is -2.11. The minimum absolute atomic E-state index is 0.0442. The third-order valence-corrected chi connectivity index (χ3v) is 2.50. The first-order chi connectivity index (χ1) is 8.96. The Labute approximate surface area is 110 Å². The molecule has 1 aromatic carbocycles. The van der Waals surface area contributed by atoms with E-state index in [1.165, 1.54) is 0 Å². The van der Waals surface area contributed by atoms with Crippen LogP contribution in [0.3, 0.4) is 0 Å². The van der Waals surface area contributed by atoms with Gasteiger partial charge in [0.25, 0.3) is 0 Å². The molecular weight excluding hydrogens is 259 g/mol. The quantitative estimate of drug-likeness (QED) is 0.777. The molecule has 1 rings (SSSR count). The van der Waals surface area contributed by atoms with Crippen LogP contribution >= 0.6 is 0 Å². The third kappa shape index (κ3) is 5.83. The van der Waals surface area contributed by atoms with Crippen molar-refractivity contribution in [3.05, 3.63) is 23.8 Å².